The summed E-state index contributed by atoms with van der Waals surface area (Å²) in [4.78, 5) is 0. The molecular weight excluding hydrogens is 234 g/mol. The Labute approximate surface area is 118 Å². The van der Waals surface area contributed by atoms with E-state index in [2.05, 4.69) is 57.3 Å². The quantitative estimate of drug-likeness (QED) is 0.825. The average Bonchev–Trinajstić information content (AvgIpc) is 2.27. The van der Waals surface area contributed by atoms with E-state index in [4.69, 9.17) is 0 Å². The van der Waals surface area contributed by atoms with E-state index in [1.807, 2.05) is 6.92 Å². The first-order valence-electron chi connectivity index (χ1n) is 7.27. The second-order valence-corrected chi connectivity index (χ2v) is 6.77. The summed E-state index contributed by atoms with van der Waals surface area (Å²) in [6.07, 6.45) is 2.54. The Morgan fingerprint density at radius 1 is 1.00 bits per heavy atom. The van der Waals surface area contributed by atoms with Gasteiger partial charge in [0.15, 0.2) is 0 Å². The van der Waals surface area contributed by atoms with Crippen molar-refractivity contribution in [2.45, 2.75) is 65.0 Å². The summed E-state index contributed by atoms with van der Waals surface area (Å²) < 4.78 is 0. The number of hydrogen-bond donors (Lipinski definition) is 2. The molecule has 2 heteroatoms. The van der Waals surface area contributed by atoms with Gasteiger partial charge in [-0.1, -0.05) is 31.2 Å². The first-order valence-corrected chi connectivity index (χ1v) is 7.27. The molecule has 0 saturated carbocycles. The number of aryl methyl sites for hydroxylation is 1. The largest absolute Gasteiger partial charge is 0.390 e. The third kappa shape index (κ3) is 6.74. The summed E-state index contributed by atoms with van der Waals surface area (Å²) in [5.74, 6) is 0. The van der Waals surface area contributed by atoms with Crippen LogP contribution < -0.4 is 5.32 Å². The van der Waals surface area contributed by atoms with Gasteiger partial charge < -0.3 is 10.4 Å². The lowest BCUT2D eigenvalue weighted by atomic mass is 9.92. The third-order valence-electron chi connectivity index (χ3n) is 3.34. The molecular formula is C17H29NO. The highest BCUT2D eigenvalue weighted by Gasteiger charge is 2.21. The second kappa shape index (κ2) is 6.53. The maximum Gasteiger partial charge on any atom is 0.0672 e. The van der Waals surface area contributed by atoms with Crippen molar-refractivity contribution in [3.8, 4) is 0 Å². The summed E-state index contributed by atoms with van der Waals surface area (Å²) in [7, 11) is 0. The molecule has 0 aromatic heterocycles. The van der Waals surface area contributed by atoms with Crippen molar-refractivity contribution >= 4 is 0 Å². The zero-order chi connectivity index (χ0) is 14.5. The van der Waals surface area contributed by atoms with Crippen molar-refractivity contribution in [1.29, 1.82) is 0 Å². The highest BCUT2D eigenvalue weighted by molar-refractivity contribution is 5.23. The van der Waals surface area contributed by atoms with Crippen molar-refractivity contribution in [3.63, 3.8) is 0 Å². The average molecular weight is 263 g/mol. The van der Waals surface area contributed by atoms with Crippen LogP contribution in [-0.2, 0) is 12.8 Å². The summed E-state index contributed by atoms with van der Waals surface area (Å²) in [6.45, 7) is 11.3. The Balaban J connectivity index is 2.48. The Bertz CT molecular complexity index is 373. The fraction of sp³-hybridized carbons (Fsp3) is 0.647. The minimum Gasteiger partial charge on any atom is -0.390 e. The van der Waals surface area contributed by atoms with Gasteiger partial charge >= 0.3 is 0 Å². The standard InChI is InChI=1S/C17H29NO/c1-6-14-7-9-15(10-8-14)13-17(5,19)11-12-18-16(2,3)4/h7-10,18-19H,6,11-13H2,1-5H3. The van der Waals surface area contributed by atoms with E-state index >= 15 is 0 Å². The van der Waals surface area contributed by atoms with Crippen LogP contribution in [0, 0.1) is 0 Å². The molecule has 0 heterocycles. The van der Waals surface area contributed by atoms with E-state index in [-0.39, 0.29) is 5.54 Å². The first-order chi connectivity index (χ1) is 8.72. The highest BCUT2D eigenvalue weighted by Crippen LogP contribution is 2.17. The molecule has 1 aromatic carbocycles. The van der Waals surface area contributed by atoms with Crippen molar-refractivity contribution in [1.82, 2.24) is 5.32 Å². The van der Waals surface area contributed by atoms with Crippen LogP contribution in [0.15, 0.2) is 24.3 Å². The minimum absolute atomic E-state index is 0.110. The lowest BCUT2D eigenvalue weighted by Gasteiger charge is -2.27. The van der Waals surface area contributed by atoms with Gasteiger partial charge in [-0.25, -0.2) is 0 Å². The van der Waals surface area contributed by atoms with Crippen LogP contribution in [0.2, 0.25) is 0 Å². The molecule has 0 bridgehead atoms. The van der Waals surface area contributed by atoms with E-state index in [1.54, 1.807) is 0 Å². The van der Waals surface area contributed by atoms with Crippen LogP contribution >= 0.6 is 0 Å². The van der Waals surface area contributed by atoms with Gasteiger partial charge in [0.2, 0.25) is 0 Å². The molecule has 0 spiro atoms. The normalized spacial score (nSPS) is 15.3. The summed E-state index contributed by atoms with van der Waals surface area (Å²) in [6, 6.07) is 8.56. The van der Waals surface area contributed by atoms with Crippen molar-refractivity contribution in [3.05, 3.63) is 35.4 Å². The van der Waals surface area contributed by atoms with E-state index in [0.717, 1.165) is 19.4 Å². The van der Waals surface area contributed by atoms with E-state index < -0.39 is 5.60 Å². The molecule has 1 aromatic rings. The molecule has 19 heavy (non-hydrogen) atoms. The minimum atomic E-state index is -0.647. The van der Waals surface area contributed by atoms with Crippen LogP contribution in [0.25, 0.3) is 0 Å². The van der Waals surface area contributed by atoms with Crippen molar-refractivity contribution in [2.24, 2.45) is 0 Å². The molecule has 2 nitrogen and oxygen atoms in total. The highest BCUT2D eigenvalue weighted by atomic mass is 16.3. The third-order valence-corrected chi connectivity index (χ3v) is 3.34. The van der Waals surface area contributed by atoms with E-state index in [9.17, 15) is 5.11 Å². The molecule has 1 rings (SSSR count). The molecule has 0 amide bonds. The first kappa shape index (κ1) is 16.2. The van der Waals surface area contributed by atoms with Crippen LogP contribution in [0.5, 0.6) is 0 Å². The molecule has 0 fully saturated rings. The molecule has 1 atom stereocenters. The molecule has 0 aliphatic heterocycles. The number of rotatable bonds is 6. The lowest BCUT2D eigenvalue weighted by Crippen LogP contribution is -2.40. The fourth-order valence-electron chi connectivity index (χ4n) is 2.13. The summed E-state index contributed by atoms with van der Waals surface area (Å²) in [5.41, 5.74) is 2.01. The Kier molecular flexibility index (Phi) is 5.57. The topological polar surface area (TPSA) is 32.3 Å². The van der Waals surface area contributed by atoms with Gasteiger partial charge in [0, 0.05) is 12.0 Å². The predicted molar refractivity (Wildman–Crippen MR) is 82.5 cm³/mol. The monoisotopic (exact) mass is 263 g/mol. The van der Waals surface area contributed by atoms with Crippen molar-refractivity contribution < 1.29 is 5.11 Å². The molecule has 0 radical (unpaired) electrons. The van der Waals surface area contributed by atoms with Crippen LogP contribution in [0.3, 0.4) is 0 Å². The Morgan fingerprint density at radius 3 is 2.00 bits per heavy atom. The summed E-state index contributed by atoms with van der Waals surface area (Å²) in [5, 5.41) is 13.9. The molecule has 2 N–H and O–H groups in total. The number of hydrogen-bond acceptors (Lipinski definition) is 2. The van der Waals surface area contributed by atoms with Crippen molar-refractivity contribution in [2.75, 3.05) is 6.54 Å². The predicted octanol–water partition coefficient (Wildman–Crippen LogP) is 3.32. The lowest BCUT2D eigenvalue weighted by molar-refractivity contribution is 0.0499. The Morgan fingerprint density at radius 2 is 1.53 bits per heavy atom. The molecule has 0 saturated heterocycles. The van der Waals surface area contributed by atoms with Crippen LogP contribution in [0.4, 0.5) is 0 Å². The van der Waals surface area contributed by atoms with Gasteiger partial charge in [0.05, 0.1) is 5.60 Å². The van der Waals surface area contributed by atoms with Crippen LogP contribution in [0.1, 0.15) is 52.2 Å². The van der Waals surface area contributed by atoms with Gasteiger partial charge in [-0.3, -0.25) is 0 Å². The zero-order valence-corrected chi connectivity index (χ0v) is 13.1. The molecule has 1 unspecified atom stereocenters. The molecule has 0 aliphatic rings. The smallest absolute Gasteiger partial charge is 0.0672 e. The van der Waals surface area contributed by atoms with E-state index in [1.165, 1.54) is 11.1 Å². The molecule has 108 valence electrons. The molecule has 0 aliphatic carbocycles. The van der Waals surface area contributed by atoms with E-state index in [0.29, 0.717) is 6.42 Å². The number of nitrogens with one attached hydrogen (secondary N) is 1. The fourth-order valence-corrected chi connectivity index (χ4v) is 2.13. The van der Waals surface area contributed by atoms with Gasteiger partial charge in [0.25, 0.3) is 0 Å². The van der Waals surface area contributed by atoms with Gasteiger partial charge in [-0.15, -0.1) is 0 Å². The SMILES string of the molecule is CCc1ccc(CC(C)(O)CCNC(C)(C)C)cc1. The van der Waals surface area contributed by atoms with Crippen LogP contribution in [-0.4, -0.2) is 22.8 Å². The van der Waals surface area contributed by atoms with Gasteiger partial charge in [-0.05, 0) is 58.2 Å². The second-order valence-electron chi connectivity index (χ2n) is 6.77. The zero-order valence-electron chi connectivity index (χ0n) is 13.1. The number of aliphatic hydroxyl groups is 1. The Hall–Kier alpha value is -0.860. The number of benzene rings is 1. The summed E-state index contributed by atoms with van der Waals surface area (Å²) >= 11 is 0. The maximum absolute atomic E-state index is 10.5. The maximum atomic E-state index is 10.5. The van der Waals surface area contributed by atoms with Gasteiger partial charge in [0.1, 0.15) is 0 Å². The van der Waals surface area contributed by atoms with Gasteiger partial charge in [-0.2, -0.15) is 0 Å².